The van der Waals surface area contributed by atoms with Gasteiger partial charge in [0.15, 0.2) is 11.5 Å². The van der Waals surface area contributed by atoms with Gasteiger partial charge in [0.1, 0.15) is 10.7 Å². The van der Waals surface area contributed by atoms with Gasteiger partial charge in [0, 0.05) is 15.8 Å². The lowest BCUT2D eigenvalue weighted by molar-refractivity contribution is 0.0846. The number of nitrogens with one attached hydrogen (secondary N) is 2. The molecule has 2 aromatic heterocycles. The van der Waals surface area contributed by atoms with Gasteiger partial charge in [-0.15, -0.1) is 22.7 Å². The van der Waals surface area contributed by atoms with E-state index in [1.54, 1.807) is 31.7 Å². The molecule has 0 saturated heterocycles. The van der Waals surface area contributed by atoms with Crippen molar-refractivity contribution >= 4 is 34.5 Å². The Hall–Kier alpha value is -2.91. The summed E-state index contributed by atoms with van der Waals surface area (Å²) in [7, 11) is 3.13. The summed E-state index contributed by atoms with van der Waals surface area (Å²) in [5.74, 6) is 0.424. The molecular formula is C20H19N3O4S2. The third-order valence-electron chi connectivity index (χ3n) is 4.63. The topological polar surface area (TPSA) is 89.5 Å². The number of fused-ring (bicyclic) bond motifs is 1. The minimum Gasteiger partial charge on any atom is -0.493 e. The first kappa shape index (κ1) is 19.4. The summed E-state index contributed by atoms with van der Waals surface area (Å²) in [6.45, 7) is 0. The summed E-state index contributed by atoms with van der Waals surface area (Å²) in [4.78, 5) is 30.9. The number of aryl methyl sites for hydroxylation is 2. The first-order valence-corrected chi connectivity index (χ1v) is 10.7. The van der Waals surface area contributed by atoms with Crippen LogP contribution >= 0.6 is 22.7 Å². The lowest BCUT2D eigenvalue weighted by Crippen LogP contribution is -2.41. The van der Waals surface area contributed by atoms with Gasteiger partial charge >= 0.3 is 0 Å². The number of thiophene rings is 1. The normalized spacial score (nSPS) is 12.3. The van der Waals surface area contributed by atoms with E-state index < -0.39 is 5.91 Å². The lowest BCUT2D eigenvalue weighted by Gasteiger charge is -2.08. The van der Waals surface area contributed by atoms with Crippen molar-refractivity contribution in [2.45, 2.75) is 19.3 Å². The van der Waals surface area contributed by atoms with Crippen molar-refractivity contribution in [2.24, 2.45) is 0 Å². The fourth-order valence-corrected chi connectivity index (χ4v) is 5.11. The van der Waals surface area contributed by atoms with Crippen molar-refractivity contribution in [2.75, 3.05) is 14.2 Å². The van der Waals surface area contributed by atoms with Crippen LogP contribution in [-0.2, 0) is 12.8 Å². The van der Waals surface area contributed by atoms with Crippen molar-refractivity contribution in [3.63, 3.8) is 0 Å². The highest BCUT2D eigenvalue weighted by molar-refractivity contribution is 7.14. The molecule has 2 heterocycles. The Balaban J connectivity index is 1.41. The minimum absolute atomic E-state index is 0.230. The first-order chi connectivity index (χ1) is 14.1. The fraction of sp³-hybridized carbons (Fsp3) is 0.250. The highest BCUT2D eigenvalue weighted by Crippen LogP contribution is 2.33. The largest absolute Gasteiger partial charge is 0.493 e. The maximum absolute atomic E-state index is 12.4. The SMILES string of the molecule is COc1ccc(-c2nc(C(=O)NNC(=O)c3cc4c(s3)CCC4)cs2)cc1OC. The molecule has 7 nitrogen and oxygen atoms in total. The Labute approximate surface area is 175 Å². The summed E-state index contributed by atoms with van der Waals surface area (Å²) in [5, 5.41) is 2.31. The summed E-state index contributed by atoms with van der Waals surface area (Å²) < 4.78 is 10.5. The first-order valence-electron chi connectivity index (χ1n) is 8.99. The number of thiazole rings is 1. The Morgan fingerprint density at radius 2 is 1.83 bits per heavy atom. The highest BCUT2D eigenvalue weighted by Gasteiger charge is 2.19. The number of aromatic nitrogens is 1. The number of hydrazine groups is 1. The minimum atomic E-state index is -0.467. The van der Waals surface area contributed by atoms with Crippen molar-refractivity contribution in [3.8, 4) is 22.1 Å². The average molecular weight is 430 g/mol. The second-order valence-electron chi connectivity index (χ2n) is 6.43. The molecule has 0 fully saturated rings. The van der Waals surface area contributed by atoms with Crippen molar-refractivity contribution < 1.29 is 19.1 Å². The van der Waals surface area contributed by atoms with Crippen molar-refractivity contribution in [1.82, 2.24) is 15.8 Å². The summed E-state index contributed by atoms with van der Waals surface area (Å²) in [5.41, 5.74) is 7.18. The maximum Gasteiger partial charge on any atom is 0.289 e. The van der Waals surface area contributed by atoms with Crippen LogP contribution in [-0.4, -0.2) is 31.0 Å². The predicted molar refractivity (Wildman–Crippen MR) is 112 cm³/mol. The number of amides is 2. The van der Waals surface area contributed by atoms with Crippen LogP contribution < -0.4 is 20.3 Å². The molecule has 0 bridgehead atoms. The maximum atomic E-state index is 12.4. The Bertz CT molecular complexity index is 1050. The van der Waals surface area contributed by atoms with Gasteiger partial charge in [0.05, 0.1) is 19.1 Å². The third kappa shape index (κ3) is 3.96. The predicted octanol–water partition coefficient (Wildman–Crippen LogP) is 3.45. The van der Waals surface area contributed by atoms with E-state index in [1.807, 2.05) is 12.1 Å². The number of benzene rings is 1. The van der Waals surface area contributed by atoms with Gasteiger partial charge in [-0.2, -0.15) is 0 Å². The molecule has 0 spiro atoms. The zero-order valence-electron chi connectivity index (χ0n) is 15.9. The van der Waals surface area contributed by atoms with E-state index in [2.05, 4.69) is 15.8 Å². The van der Waals surface area contributed by atoms with Crippen molar-refractivity contribution in [1.29, 1.82) is 0 Å². The van der Waals surface area contributed by atoms with Crippen LogP contribution in [0.15, 0.2) is 29.6 Å². The molecule has 9 heteroatoms. The van der Waals surface area contributed by atoms with Gasteiger partial charge in [-0.3, -0.25) is 20.4 Å². The summed E-state index contributed by atoms with van der Waals surface area (Å²) in [6.07, 6.45) is 3.19. The molecule has 29 heavy (non-hydrogen) atoms. The molecule has 2 N–H and O–H groups in total. The number of methoxy groups -OCH3 is 2. The molecule has 1 aliphatic rings. The van der Waals surface area contributed by atoms with Crippen LogP contribution in [0.1, 0.15) is 37.0 Å². The van der Waals surface area contributed by atoms with Gasteiger partial charge in [-0.25, -0.2) is 4.98 Å². The van der Waals surface area contributed by atoms with E-state index in [1.165, 1.54) is 33.1 Å². The number of rotatable bonds is 5. The van der Waals surface area contributed by atoms with Crippen LogP contribution in [0.4, 0.5) is 0 Å². The van der Waals surface area contributed by atoms with E-state index in [4.69, 9.17) is 9.47 Å². The van der Waals surface area contributed by atoms with Crippen LogP contribution in [0, 0.1) is 0 Å². The molecule has 0 radical (unpaired) electrons. The fourth-order valence-electron chi connectivity index (χ4n) is 3.16. The molecule has 4 rings (SSSR count). The second-order valence-corrected chi connectivity index (χ2v) is 8.42. The highest BCUT2D eigenvalue weighted by atomic mass is 32.1. The van der Waals surface area contributed by atoms with Crippen LogP contribution in [0.3, 0.4) is 0 Å². The summed E-state index contributed by atoms with van der Waals surface area (Å²) in [6, 6.07) is 7.34. The molecule has 0 aliphatic heterocycles. The quantitative estimate of drug-likeness (QED) is 0.607. The smallest absolute Gasteiger partial charge is 0.289 e. The second kappa shape index (κ2) is 8.22. The van der Waals surface area contributed by atoms with Gasteiger partial charge in [-0.1, -0.05) is 0 Å². The Morgan fingerprint density at radius 1 is 1.03 bits per heavy atom. The van der Waals surface area contributed by atoms with E-state index in [9.17, 15) is 9.59 Å². The molecule has 150 valence electrons. The monoisotopic (exact) mass is 429 g/mol. The molecule has 2 amide bonds. The van der Waals surface area contributed by atoms with Gasteiger partial charge < -0.3 is 9.47 Å². The summed E-state index contributed by atoms with van der Waals surface area (Å²) >= 11 is 2.82. The lowest BCUT2D eigenvalue weighted by atomic mass is 10.2. The van der Waals surface area contributed by atoms with Gasteiger partial charge in [-0.05, 0) is 49.1 Å². The van der Waals surface area contributed by atoms with Gasteiger partial charge in [0.25, 0.3) is 11.8 Å². The molecule has 0 saturated carbocycles. The van der Waals surface area contributed by atoms with Crippen molar-refractivity contribution in [3.05, 3.63) is 50.7 Å². The van der Waals surface area contributed by atoms with E-state index >= 15 is 0 Å². The van der Waals surface area contributed by atoms with Crippen LogP contribution in [0.25, 0.3) is 10.6 Å². The zero-order valence-corrected chi connectivity index (χ0v) is 17.5. The standard InChI is InChI=1S/C20H19N3O4S2/c1-26-14-7-6-12(8-15(14)27-2)20-21-13(10-28-20)18(24)22-23-19(25)17-9-11-4-3-5-16(11)29-17/h6-10H,3-5H2,1-2H3,(H,22,24)(H,23,25). The average Bonchev–Trinajstić information content (AvgIpc) is 3.47. The number of hydrogen-bond donors (Lipinski definition) is 2. The number of carbonyl (C=O) groups is 2. The molecule has 1 aliphatic carbocycles. The number of ether oxygens (including phenoxy) is 2. The van der Waals surface area contributed by atoms with Gasteiger partial charge in [0.2, 0.25) is 0 Å². The number of hydrogen-bond acceptors (Lipinski definition) is 7. The molecule has 0 unspecified atom stereocenters. The number of carbonyl (C=O) groups excluding carboxylic acids is 2. The molecule has 0 atom stereocenters. The van der Waals surface area contributed by atoms with E-state index in [-0.39, 0.29) is 11.6 Å². The third-order valence-corrected chi connectivity index (χ3v) is 6.75. The molecule has 3 aromatic rings. The number of nitrogens with zero attached hydrogens (tertiary/aromatic N) is 1. The zero-order chi connectivity index (χ0) is 20.4. The van der Waals surface area contributed by atoms with Crippen LogP contribution in [0.5, 0.6) is 11.5 Å². The Morgan fingerprint density at radius 3 is 2.59 bits per heavy atom. The van der Waals surface area contributed by atoms with Crippen LogP contribution in [0.2, 0.25) is 0 Å². The van der Waals surface area contributed by atoms with E-state index in [0.717, 1.165) is 24.8 Å². The Kier molecular flexibility index (Phi) is 5.50. The van der Waals surface area contributed by atoms with E-state index in [0.29, 0.717) is 21.4 Å². The molecule has 1 aromatic carbocycles. The molecular weight excluding hydrogens is 410 g/mol.